The maximum atomic E-state index is 13.4. The molecule has 0 saturated heterocycles. The number of rotatable bonds is 2. The van der Waals surface area contributed by atoms with Gasteiger partial charge in [-0.1, -0.05) is 0 Å². The monoisotopic (exact) mass is 243 g/mol. The summed E-state index contributed by atoms with van der Waals surface area (Å²) in [5, 5.41) is 0. The molecule has 1 aromatic rings. The van der Waals surface area contributed by atoms with E-state index in [0.29, 0.717) is 17.1 Å². The van der Waals surface area contributed by atoms with Crippen LogP contribution in [0.5, 0.6) is 11.5 Å². The quantitative estimate of drug-likeness (QED) is 0.868. The summed E-state index contributed by atoms with van der Waals surface area (Å²) in [5.41, 5.74) is 5.61. The van der Waals surface area contributed by atoms with Gasteiger partial charge in [-0.15, -0.1) is 0 Å². The lowest BCUT2D eigenvalue weighted by molar-refractivity contribution is 0.0171. The van der Waals surface area contributed by atoms with Crippen LogP contribution < -0.4 is 15.2 Å². The smallest absolute Gasteiger partial charge is 0.270 e. The van der Waals surface area contributed by atoms with Gasteiger partial charge in [0, 0.05) is 23.6 Å². The standard InChI is InChI=1S/C12H15F2NO2/c1-11(2,15)8-4-7(12(3,13)14)5-9-10(8)17-6-16-9/h4-5H,6,15H2,1-3H3. The first kappa shape index (κ1) is 12.1. The minimum atomic E-state index is -2.93. The van der Waals surface area contributed by atoms with Crippen molar-refractivity contribution in [1.82, 2.24) is 0 Å². The van der Waals surface area contributed by atoms with Crippen LogP contribution in [0.3, 0.4) is 0 Å². The summed E-state index contributed by atoms with van der Waals surface area (Å²) in [7, 11) is 0. The molecule has 94 valence electrons. The van der Waals surface area contributed by atoms with E-state index in [1.807, 2.05) is 0 Å². The summed E-state index contributed by atoms with van der Waals surface area (Å²) in [5.74, 6) is -2.14. The van der Waals surface area contributed by atoms with Gasteiger partial charge in [-0.05, 0) is 26.0 Å². The van der Waals surface area contributed by atoms with Crippen molar-refractivity contribution in [3.8, 4) is 11.5 Å². The Morgan fingerprint density at radius 3 is 2.35 bits per heavy atom. The number of hydrogen-bond acceptors (Lipinski definition) is 3. The van der Waals surface area contributed by atoms with Crippen molar-refractivity contribution in [2.24, 2.45) is 5.73 Å². The van der Waals surface area contributed by atoms with E-state index in [0.717, 1.165) is 6.92 Å². The van der Waals surface area contributed by atoms with Crippen LogP contribution in [0.4, 0.5) is 8.78 Å². The molecule has 0 radical (unpaired) electrons. The first-order valence-electron chi connectivity index (χ1n) is 5.31. The minimum Gasteiger partial charge on any atom is -0.454 e. The van der Waals surface area contributed by atoms with Crippen LogP contribution in [0.1, 0.15) is 31.9 Å². The van der Waals surface area contributed by atoms with Crippen molar-refractivity contribution >= 4 is 0 Å². The summed E-state index contributed by atoms with van der Waals surface area (Å²) in [6.45, 7) is 4.36. The fourth-order valence-electron chi connectivity index (χ4n) is 1.74. The lowest BCUT2D eigenvalue weighted by Gasteiger charge is -2.23. The number of fused-ring (bicyclic) bond motifs is 1. The van der Waals surface area contributed by atoms with E-state index >= 15 is 0 Å². The van der Waals surface area contributed by atoms with Crippen molar-refractivity contribution in [2.75, 3.05) is 6.79 Å². The lowest BCUT2D eigenvalue weighted by atomic mass is 9.91. The molecule has 2 rings (SSSR count). The summed E-state index contributed by atoms with van der Waals surface area (Å²) >= 11 is 0. The number of nitrogens with two attached hydrogens (primary N) is 1. The Kier molecular flexibility index (Phi) is 2.54. The van der Waals surface area contributed by atoms with Crippen LogP contribution in [0.15, 0.2) is 12.1 Å². The average Bonchev–Trinajstić information content (AvgIpc) is 2.59. The van der Waals surface area contributed by atoms with Crippen LogP contribution in [0.2, 0.25) is 0 Å². The van der Waals surface area contributed by atoms with Gasteiger partial charge in [0.25, 0.3) is 5.92 Å². The predicted octanol–water partition coefficient (Wildman–Crippen LogP) is 2.72. The molecule has 2 N–H and O–H groups in total. The zero-order chi connectivity index (χ0) is 12.8. The fraction of sp³-hybridized carbons (Fsp3) is 0.500. The van der Waals surface area contributed by atoms with E-state index in [1.165, 1.54) is 12.1 Å². The highest BCUT2D eigenvalue weighted by atomic mass is 19.3. The van der Waals surface area contributed by atoms with E-state index in [-0.39, 0.29) is 12.4 Å². The fourth-order valence-corrected chi connectivity index (χ4v) is 1.74. The SMILES string of the molecule is CC(C)(N)c1cc(C(C)(F)F)cc2c1OCO2. The molecule has 0 amide bonds. The molecule has 0 bridgehead atoms. The normalized spacial score (nSPS) is 15.2. The van der Waals surface area contributed by atoms with Crippen molar-refractivity contribution in [3.05, 3.63) is 23.3 Å². The molecule has 3 nitrogen and oxygen atoms in total. The highest BCUT2D eigenvalue weighted by Gasteiger charge is 2.32. The number of halogens is 2. The van der Waals surface area contributed by atoms with Gasteiger partial charge in [0.15, 0.2) is 11.5 Å². The molecule has 0 atom stereocenters. The van der Waals surface area contributed by atoms with Gasteiger partial charge in [-0.25, -0.2) is 8.78 Å². The van der Waals surface area contributed by atoms with Crippen molar-refractivity contribution in [2.45, 2.75) is 32.2 Å². The molecule has 5 heteroatoms. The summed E-state index contributed by atoms with van der Waals surface area (Å²) < 4.78 is 37.1. The topological polar surface area (TPSA) is 44.5 Å². The highest BCUT2D eigenvalue weighted by molar-refractivity contribution is 5.54. The van der Waals surface area contributed by atoms with Crippen molar-refractivity contribution in [1.29, 1.82) is 0 Å². The third kappa shape index (κ3) is 2.20. The Morgan fingerprint density at radius 1 is 1.18 bits per heavy atom. The molecule has 17 heavy (non-hydrogen) atoms. The predicted molar refractivity (Wildman–Crippen MR) is 59.3 cm³/mol. The van der Waals surface area contributed by atoms with Crippen LogP contribution in [0, 0.1) is 0 Å². The Balaban J connectivity index is 2.62. The third-order valence-electron chi connectivity index (χ3n) is 2.67. The van der Waals surface area contributed by atoms with Gasteiger partial charge in [0.05, 0.1) is 0 Å². The summed E-state index contributed by atoms with van der Waals surface area (Å²) in [4.78, 5) is 0. The van der Waals surface area contributed by atoms with Crippen molar-refractivity contribution < 1.29 is 18.3 Å². The summed E-state index contributed by atoms with van der Waals surface area (Å²) in [6.07, 6.45) is 0. The Morgan fingerprint density at radius 2 is 1.82 bits per heavy atom. The van der Waals surface area contributed by atoms with Gasteiger partial charge in [-0.3, -0.25) is 0 Å². The first-order chi connectivity index (χ1) is 7.69. The molecule has 0 unspecified atom stereocenters. The van der Waals surface area contributed by atoms with Gasteiger partial charge in [-0.2, -0.15) is 0 Å². The van der Waals surface area contributed by atoms with Crippen LogP contribution in [-0.4, -0.2) is 6.79 Å². The lowest BCUT2D eigenvalue weighted by Crippen LogP contribution is -2.29. The molecule has 0 spiro atoms. The second-order valence-corrected chi connectivity index (χ2v) is 4.87. The Hall–Kier alpha value is -1.36. The van der Waals surface area contributed by atoms with E-state index in [9.17, 15) is 8.78 Å². The zero-order valence-electron chi connectivity index (χ0n) is 10.0. The van der Waals surface area contributed by atoms with Crippen LogP contribution in [-0.2, 0) is 11.5 Å². The number of benzene rings is 1. The number of hydrogen-bond donors (Lipinski definition) is 1. The molecular formula is C12H15F2NO2. The van der Waals surface area contributed by atoms with Crippen molar-refractivity contribution in [3.63, 3.8) is 0 Å². The molecule has 1 aliphatic heterocycles. The molecule has 0 saturated carbocycles. The number of ether oxygens (including phenoxy) is 2. The Bertz CT molecular complexity index is 447. The Labute approximate surface area is 98.5 Å². The van der Waals surface area contributed by atoms with Crippen LogP contribution in [0.25, 0.3) is 0 Å². The molecule has 1 heterocycles. The van der Waals surface area contributed by atoms with Gasteiger partial charge >= 0.3 is 0 Å². The number of alkyl halides is 2. The van der Waals surface area contributed by atoms with Gasteiger partial charge < -0.3 is 15.2 Å². The third-order valence-corrected chi connectivity index (χ3v) is 2.67. The maximum absolute atomic E-state index is 13.4. The van der Waals surface area contributed by atoms with Gasteiger partial charge in [0.1, 0.15) is 0 Å². The van der Waals surface area contributed by atoms with Crippen LogP contribution >= 0.6 is 0 Å². The van der Waals surface area contributed by atoms with E-state index in [1.54, 1.807) is 13.8 Å². The van der Waals surface area contributed by atoms with E-state index < -0.39 is 11.5 Å². The maximum Gasteiger partial charge on any atom is 0.270 e. The zero-order valence-corrected chi connectivity index (χ0v) is 10.0. The molecule has 0 fully saturated rings. The highest BCUT2D eigenvalue weighted by Crippen LogP contribution is 2.43. The molecule has 1 aromatic carbocycles. The molecule has 0 aliphatic carbocycles. The molecule has 0 aromatic heterocycles. The average molecular weight is 243 g/mol. The van der Waals surface area contributed by atoms with E-state index in [4.69, 9.17) is 15.2 Å². The molecule has 1 aliphatic rings. The van der Waals surface area contributed by atoms with E-state index in [2.05, 4.69) is 0 Å². The minimum absolute atomic E-state index is 0.0388. The molecular weight excluding hydrogens is 228 g/mol. The van der Waals surface area contributed by atoms with Gasteiger partial charge in [0.2, 0.25) is 6.79 Å². The second kappa shape index (κ2) is 3.57. The second-order valence-electron chi connectivity index (χ2n) is 4.87. The summed E-state index contributed by atoms with van der Waals surface area (Å²) in [6, 6.07) is 2.69. The largest absolute Gasteiger partial charge is 0.454 e. The first-order valence-corrected chi connectivity index (χ1v) is 5.31.